The van der Waals surface area contributed by atoms with Gasteiger partial charge in [0.25, 0.3) is 0 Å². The molecule has 0 unspecified atom stereocenters. The third-order valence-electron chi connectivity index (χ3n) is 4.72. The van der Waals surface area contributed by atoms with Crippen molar-refractivity contribution in [2.45, 2.75) is 26.3 Å². The van der Waals surface area contributed by atoms with E-state index in [1.165, 1.54) is 5.56 Å². The summed E-state index contributed by atoms with van der Waals surface area (Å²) in [4.78, 5) is 16.2. The number of carbonyl (C=O) groups is 1. The molecule has 0 atom stereocenters. The molecule has 0 spiro atoms. The van der Waals surface area contributed by atoms with E-state index in [2.05, 4.69) is 34.7 Å². The molecule has 129 valence electrons. The predicted octanol–water partition coefficient (Wildman–Crippen LogP) is 4.09. The van der Waals surface area contributed by atoms with E-state index in [0.717, 1.165) is 40.2 Å². The quantitative estimate of drug-likeness (QED) is 0.594. The molecular formula is C22H20N3O. The molecular weight excluding hydrogens is 322 g/mol. The molecule has 1 radical (unpaired) electrons. The third kappa shape index (κ3) is 2.73. The van der Waals surface area contributed by atoms with Gasteiger partial charge in [-0.1, -0.05) is 31.5 Å². The van der Waals surface area contributed by atoms with E-state index in [9.17, 15) is 4.79 Å². The Bertz CT molecular complexity index is 1100. The Morgan fingerprint density at radius 2 is 2.08 bits per heavy atom. The summed E-state index contributed by atoms with van der Waals surface area (Å²) in [5.74, 6) is -0.415. The molecule has 4 nitrogen and oxygen atoms in total. The van der Waals surface area contributed by atoms with Crippen molar-refractivity contribution in [2.75, 3.05) is 0 Å². The fraction of sp³-hybridized carbons (Fsp3) is 0.182. The molecule has 2 aromatic carbocycles. The molecule has 1 amide bonds. The van der Waals surface area contributed by atoms with Crippen molar-refractivity contribution in [1.82, 2.24) is 9.55 Å². The molecule has 2 heterocycles. The number of aromatic nitrogens is 2. The van der Waals surface area contributed by atoms with Crippen LogP contribution < -0.4 is 5.73 Å². The van der Waals surface area contributed by atoms with Gasteiger partial charge in [0.15, 0.2) is 0 Å². The zero-order chi connectivity index (χ0) is 18.1. The highest BCUT2D eigenvalue weighted by Gasteiger charge is 2.17. The summed E-state index contributed by atoms with van der Waals surface area (Å²) in [5, 5.41) is 1.82. The lowest BCUT2D eigenvalue weighted by Gasteiger charge is -2.08. The van der Waals surface area contributed by atoms with E-state index in [1.54, 1.807) is 12.3 Å². The van der Waals surface area contributed by atoms with Gasteiger partial charge in [-0.3, -0.25) is 9.78 Å². The summed E-state index contributed by atoms with van der Waals surface area (Å²) in [6.07, 6.45) is 5.72. The van der Waals surface area contributed by atoms with Crippen LogP contribution in [0.15, 0.2) is 54.9 Å². The number of aryl methyl sites for hydroxylation is 1. The van der Waals surface area contributed by atoms with Crippen LogP contribution >= 0.6 is 0 Å². The maximum Gasteiger partial charge on any atom is 0.249 e. The number of benzene rings is 2. The molecule has 0 fully saturated rings. The number of carbonyl (C=O) groups excluding carboxylic acids is 1. The van der Waals surface area contributed by atoms with Crippen molar-refractivity contribution in [1.29, 1.82) is 0 Å². The number of hydrogen-bond donors (Lipinski definition) is 1. The fourth-order valence-electron chi connectivity index (χ4n) is 3.58. The van der Waals surface area contributed by atoms with E-state index in [4.69, 9.17) is 5.73 Å². The fourth-order valence-corrected chi connectivity index (χ4v) is 3.58. The van der Waals surface area contributed by atoms with E-state index < -0.39 is 5.91 Å². The van der Waals surface area contributed by atoms with Crippen molar-refractivity contribution in [2.24, 2.45) is 5.73 Å². The highest BCUT2D eigenvalue weighted by atomic mass is 16.1. The highest BCUT2D eigenvalue weighted by molar-refractivity contribution is 6.17. The van der Waals surface area contributed by atoms with Gasteiger partial charge >= 0.3 is 0 Å². The Labute approximate surface area is 152 Å². The topological polar surface area (TPSA) is 60.9 Å². The molecule has 4 rings (SSSR count). The van der Waals surface area contributed by atoms with Crippen LogP contribution in [0.25, 0.3) is 21.8 Å². The third-order valence-corrected chi connectivity index (χ3v) is 4.72. The predicted molar refractivity (Wildman–Crippen MR) is 104 cm³/mol. The van der Waals surface area contributed by atoms with E-state index >= 15 is 0 Å². The van der Waals surface area contributed by atoms with Gasteiger partial charge in [-0.2, -0.15) is 0 Å². The summed E-state index contributed by atoms with van der Waals surface area (Å²) in [7, 11) is 0. The van der Waals surface area contributed by atoms with Crippen LogP contribution in [-0.2, 0) is 13.0 Å². The van der Waals surface area contributed by atoms with Crippen LogP contribution in [0.5, 0.6) is 0 Å². The summed E-state index contributed by atoms with van der Waals surface area (Å²) in [6, 6.07) is 17.3. The summed E-state index contributed by atoms with van der Waals surface area (Å²) in [5.41, 5.74) is 10.6. The second kappa shape index (κ2) is 6.64. The average molecular weight is 342 g/mol. The molecule has 0 aliphatic rings. The zero-order valence-corrected chi connectivity index (χ0v) is 14.7. The Hall–Kier alpha value is -3.14. The van der Waals surface area contributed by atoms with Gasteiger partial charge < -0.3 is 10.3 Å². The van der Waals surface area contributed by atoms with Crippen molar-refractivity contribution in [3.05, 3.63) is 77.6 Å². The Kier molecular flexibility index (Phi) is 4.17. The number of pyridine rings is 1. The SMILES string of the molecule is CCCc1c[c]c2c3c(C(N)=O)cccc3n(Cc3cccnc3)c2c1. The maximum absolute atomic E-state index is 12.0. The van der Waals surface area contributed by atoms with Gasteiger partial charge in [0, 0.05) is 35.3 Å². The number of nitrogens with zero attached hydrogens (tertiary/aromatic N) is 2. The Morgan fingerprint density at radius 1 is 1.19 bits per heavy atom. The first-order chi connectivity index (χ1) is 12.7. The van der Waals surface area contributed by atoms with Gasteiger partial charge in [0.2, 0.25) is 5.91 Å². The van der Waals surface area contributed by atoms with Gasteiger partial charge in [0.1, 0.15) is 0 Å². The second-order valence-corrected chi connectivity index (χ2v) is 6.53. The van der Waals surface area contributed by atoms with Crippen molar-refractivity contribution < 1.29 is 4.79 Å². The molecule has 0 aliphatic heterocycles. The van der Waals surface area contributed by atoms with Crippen molar-refractivity contribution in [3.63, 3.8) is 0 Å². The van der Waals surface area contributed by atoms with Gasteiger partial charge in [-0.15, -0.1) is 0 Å². The molecule has 2 N–H and O–H groups in total. The van der Waals surface area contributed by atoms with E-state index in [-0.39, 0.29) is 0 Å². The number of fused-ring (bicyclic) bond motifs is 3. The zero-order valence-electron chi connectivity index (χ0n) is 14.7. The first-order valence-electron chi connectivity index (χ1n) is 8.83. The normalized spacial score (nSPS) is 11.3. The largest absolute Gasteiger partial charge is 0.366 e. The van der Waals surface area contributed by atoms with Crippen LogP contribution in [0.1, 0.15) is 34.8 Å². The highest BCUT2D eigenvalue weighted by Crippen LogP contribution is 2.32. The van der Waals surface area contributed by atoms with E-state index in [1.807, 2.05) is 30.5 Å². The molecule has 26 heavy (non-hydrogen) atoms. The minimum Gasteiger partial charge on any atom is -0.366 e. The van der Waals surface area contributed by atoms with Crippen LogP contribution in [0.3, 0.4) is 0 Å². The van der Waals surface area contributed by atoms with Crippen molar-refractivity contribution in [3.8, 4) is 0 Å². The number of primary amides is 1. The van der Waals surface area contributed by atoms with Crippen LogP contribution in [0.4, 0.5) is 0 Å². The smallest absolute Gasteiger partial charge is 0.249 e. The number of nitrogens with two attached hydrogens (primary N) is 1. The van der Waals surface area contributed by atoms with Crippen LogP contribution in [-0.4, -0.2) is 15.5 Å². The molecule has 2 aromatic heterocycles. The summed E-state index contributed by atoms with van der Waals surface area (Å²) < 4.78 is 2.23. The number of hydrogen-bond acceptors (Lipinski definition) is 2. The minimum absolute atomic E-state index is 0.415. The first-order valence-corrected chi connectivity index (χ1v) is 8.83. The molecule has 0 aliphatic carbocycles. The van der Waals surface area contributed by atoms with Crippen LogP contribution in [0, 0.1) is 6.07 Å². The molecule has 0 bridgehead atoms. The molecule has 4 aromatic rings. The van der Waals surface area contributed by atoms with Crippen LogP contribution in [0.2, 0.25) is 0 Å². The van der Waals surface area contributed by atoms with Gasteiger partial charge in [-0.05, 0) is 47.9 Å². The molecule has 4 heteroatoms. The first kappa shape index (κ1) is 16.3. The lowest BCUT2D eigenvalue weighted by atomic mass is 10.0. The van der Waals surface area contributed by atoms with E-state index in [0.29, 0.717) is 12.1 Å². The maximum atomic E-state index is 12.0. The Morgan fingerprint density at radius 3 is 2.81 bits per heavy atom. The number of rotatable bonds is 5. The molecule has 0 saturated heterocycles. The minimum atomic E-state index is -0.415. The second-order valence-electron chi connectivity index (χ2n) is 6.53. The molecule has 0 saturated carbocycles. The lowest BCUT2D eigenvalue weighted by Crippen LogP contribution is -2.11. The monoisotopic (exact) mass is 342 g/mol. The van der Waals surface area contributed by atoms with Gasteiger partial charge in [-0.25, -0.2) is 0 Å². The van der Waals surface area contributed by atoms with Crippen molar-refractivity contribution >= 4 is 27.7 Å². The summed E-state index contributed by atoms with van der Waals surface area (Å²) in [6.45, 7) is 2.85. The standard InChI is InChI=1S/C22H20N3O/c1-2-5-15-9-10-17-20(12-15)25(14-16-6-4-11-24-13-16)19-8-3-7-18(21(17)19)22(23)26/h3-4,6-9,11-13H,2,5,14H2,1H3,(H2,23,26). The van der Waals surface area contributed by atoms with Gasteiger partial charge in [0.05, 0.1) is 11.0 Å². The lowest BCUT2D eigenvalue weighted by molar-refractivity contribution is 0.100. The summed E-state index contributed by atoms with van der Waals surface area (Å²) >= 11 is 0. The number of amides is 1. The average Bonchev–Trinajstić information content (AvgIpc) is 2.96. The Balaban J connectivity index is 2.03.